The van der Waals surface area contributed by atoms with Gasteiger partial charge >= 0.3 is 64.9 Å². The Bertz CT molecular complexity index is 379. The first-order valence-electron chi connectivity index (χ1n) is 5.53. The number of ketones is 1. The first-order valence-corrected chi connectivity index (χ1v) is 19.0. The Labute approximate surface area is 148 Å². The number of carbonyl (C=O) groups is 1. The summed E-state index contributed by atoms with van der Waals surface area (Å²) in [6.07, 6.45) is 8.41. The molecule has 0 radical (unpaired) electrons. The molecule has 1 aliphatic rings. The average Bonchev–Trinajstić information content (AvgIpc) is 2.14. The Kier molecular flexibility index (Phi) is 10.5. The molecular weight excluding hydrogens is 604 g/mol. The number of halogens is 3. The van der Waals surface area contributed by atoms with Gasteiger partial charge in [-0.2, -0.15) is 0 Å². The molecule has 0 fully saturated rings. The molecule has 0 spiro atoms. The molecule has 0 heterocycles. The van der Waals surface area contributed by atoms with Crippen molar-refractivity contribution in [1.82, 2.24) is 0 Å². The Morgan fingerprint density at radius 2 is 1.83 bits per heavy atom. The normalized spacial score (nSPS) is 18.0. The van der Waals surface area contributed by atoms with Crippen molar-refractivity contribution >= 4 is 65.7 Å². The fraction of sp³-hybridized carbons (Fsp3) is 0.462. The van der Waals surface area contributed by atoms with Crippen molar-refractivity contribution in [2.75, 3.05) is 0 Å². The van der Waals surface area contributed by atoms with Gasteiger partial charge in [-0.3, -0.25) is 4.79 Å². The quantitative estimate of drug-likeness (QED) is 0.270. The second kappa shape index (κ2) is 9.57. The molecule has 0 aromatic rings. The fourth-order valence-corrected chi connectivity index (χ4v) is 1.96. The van der Waals surface area contributed by atoms with Crippen molar-refractivity contribution in [2.45, 2.75) is 34.1 Å². The van der Waals surface area contributed by atoms with Crippen LogP contribution in [0.1, 0.15) is 34.1 Å². The van der Waals surface area contributed by atoms with Crippen LogP contribution in [0.2, 0.25) is 0 Å². The van der Waals surface area contributed by atoms with Crippen LogP contribution in [0.4, 0.5) is 0 Å². The van der Waals surface area contributed by atoms with Crippen molar-refractivity contribution in [3.8, 4) is 0 Å². The monoisotopic (exact) mass is 622 g/mol. The zero-order chi connectivity index (χ0) is 14.3. The van der Waals surface area contributed by atoms with Crippen LogP contribution >= 0.6 is 59.9 Å². The van der Waals surface area contributed by atoms with Gasteiger partial charge in [-0.15, -0.1) is 0 Å². The van der Waals surface area contributed by atoms with E-state index < -0.39 is 0 Å². The molecule has 0 aromatic carbocycles. The summed E-state index contributed by atoms with van der Waals surface area (Å²) in [5.74, 6) is 0.140. The van der Waals surface area contributed by atoms with E-state index in [1.807, 2.05) is 19.1 Å². The van der Waals surface area contributed by atoms with Gasteiger partial charge in [-0.1, -0.05) is 37.6 Å². The van der Waals surface area contributed by atoms with Crippen LogP contribution in [0.15, 0.2) is 35.5 Å². The summed E-state index contributed by atoms with van der Waals surface area (Å²) in [4.78, 5) is 11.5. The van der Waals surface area contributed by atoms with E-state index in [1.54, 1.807) is 12.2 Å². The van der Waals surface area contributed by atoms with Gasteiger partial charge in [0.15, 0.2) is 5.78 Å². The molecule has 0 atom stereocenters. The van der Waals surface area contributed by atoms with Gasteiger partial charge in [-0.25, -0.2) is 0 Å². The van der Waals surface area contributed by atoms with Crippen LogP contribution in [0.5, 0.6) is 0 Å². The van der Waals surface area contributed by atoms with E-state index in [4.69, 9.17) is 0 Å². The summed E-state index contributed by atoms with van der Waals surface area (Å²) >= 11 is 7.39. The van der Waals surface area contributed by atoms with E-state index >= 15 is 0 Å². The van der Waals surface area contributed by atoms with E-state index in [9.17, 15) is 4.79 Å². The van der Waals surface area contributed by atoms with E-state index in [1.165, 1.54) is 5.57 Å². The average molecular weight is 622 g/mol. The summed E-state index contributed by atoms with van der Waals surface area (Å²) in [5, 5.41) is 0. The van der Waals surface area contributed by atoms with E-state index in [0.29, 0.717) is 0 Å². The SMILES string of the molecule is C/C=C/C(=O)C1=CC=C(C)CC1(C)C.[I][V]([I])[I]. The van der Waals surface area contributed by atoms with Crippen molar-refractivity contribution in [3.63, 3.8) is 0 Å². The maximum atomic E-state index is 11.7. The molecule has 0 bridgehead atoms. The van der Waals surface area contributed by atoms with Gasteiger partial charge in [-0.05, 0) is 31.8 Å². The third kappa shape index (κ3) is 8.06. The van der Waals surface area contributed by atoms with Crippen LogP contribution in [0, 0.1) is 5.41 Å². The van der Waals surface area contributed by atoms with E-state index in [-0.39, 0.29) is 16.1 Å². The molecule has 0 saturated carbocycles. The molecule has 1 rings (SSSR count). The molecule has 0 aliphatic heterocycles. The van der Waals surface area contributed by atoms with Gasteiger partial charge < -0.3 is 0 Å². The molecule has 0 unspecified atom stereocenters. The first kappa shape index (κ1) is 19.7. The predicted octanol–water partition coefficient (Wildman–Crippen LogP) is 6.09. The summed E-state index contributed by atoms with van der Waals surface area (Å²) < 4.78 is 0. The molecule has 0 aromatic heterocycles. The topological polar surface area (TPSA) is 17.1 Å². The third-order valence-corrected chi connectivity index (χ3v) is 2.57. The Morgan fingerprint density at radius 3 is 2.22 bits per heavy atom. The number of allylic oxidation sites excluding steroid dienone is 6. The van der Waals surface area contributed by atoms with Crippen LogP contribution in [0.25, 0.3) is 0 Å². The fourth-order valence-electron chi connectivity index (χ4n) is 1.96. The Morgan fingerprint density at radius 1 is 1.33 bits per heavy atom. The molecule has 0 saturated heterocycles. The van der Waals surface area contributed by atoms with Crippen LogP contribution < -0.4 is 0 Å². The zero-order valence-corrected chi connectivity index (χ0v) is 18.9. The Balaban J connectivity index is 0.000000631. The zero-order valence-electron chi connectivity index (χ0n) is 11.0. The summed E-state index contributed by atoms with van der Waals surface area (Å²) in [6.45, 7) is 8.22. The molecule has 1 aliphatic carbocycles. The Hall–Kier alpha value is 1.66. The molecule has 5 heteroatoms. The number of carbonyl (C=O) groups excluding carboxylic acids is 1. The number of rotatable bonds is 2. The molecule has 102 valence electrons. The maximum absolute atomic E-state index is 11.7. The molecule has 18 heavy (non-hydrogen) atoms. The van der Waals surface area contributed by atoms with Crippen molar-refractivity contribution in [1.29, 1.82) is 0 Å². The van der Waals surface area contributed by atoms with Crippen molar-refractivity contribution in [2.24, 2.45) is 5.41 Å². The minimum absolute atomic E-state index is 0.0184. The number of hydrogen-bond donors (Lipinski definition) is 0. The summed E-state index contributed by atoms with van der Waals surface area (Å²) in [7, 11) is 0. The third-order valence-electron chi connectivity index (χ3n) is 2.57. The van der Waals surface area contributed by atoms with Crippen molar-refractivity contribution < 1.29 is 9.72 Å². The molecule has 0 N–H and O–H groups in total. The van der Waals surface area contributed by atoms with Crippen LogP contribution in [-0.4, -0.2) is 5.78 Å². The van der Waals surface area contributed by atoms with Crippen molar-refractivity contribution in [3.05, 3.63) is 35.5 Å². The van der Waals surface area contributed by atoms with Gasteiger partial charge in [0.05, 0.1) is 0 Å². The van der Waals surface area contributed by atoms with Crippen LogP contribution in [0.3, 0.4) is 0 Å². The molecule has 0 amide bonds. The summed E-state index contributed by atoms with van der Waals surface area (Å²) in [6, 6.07) is 0. The first-order chi connectivity index (χ1) is 8.20. The van der Waals surface area contributed by atoms with E-state index in [0.717, 1.165) is 12.0 Å². The van der Waals surface area contributed by atoms with Gasteiger partial charge in [0, 0.05) is 5.57 Å². The van der Waals surface area contributed by atoms with Gasteiger partial charge in [0.2, 0.25) is 0 Å². The van der Waals surface area contributed by atoms with Gasteiger partial charge in [0.25, 0.3) is 0 Å². The number of hydrogen-bond acceptors (Lipinski definition) is 1. The molecular formula is C13H18I3OV. The second-order valence-electron chi connectivity index (χ2n) is 4.71. The predicted molar refractivity (Wildman–Crippen MR) is 102 cm³/mol. The van der Waals surface area contributed by atoms with E-state index in [2.05, 4.69) is 80.7 Å². The van der Waals surface area contributed by atoms with Gasteiger partial charge in [0.1, 0.15) is 0 Å². The standard InChI is InChI=1S/C13H18O.3HI.V/c1-5-6-12(14)11-8-7-10(2)9-13(11,3)4;;;;/h5-8H,9H2,1-4H3;3*1H;/q;;;;+3/p-3/b6-5+;;;;. The molecule has 1 nitrogen and oxygen atoms in total. The van der Waals surface area contributed by atoms with Crippen LogP contribution in [-0.2, 0) is 9.72 Å². The minimum atomic E-state index is -0.278. The second-order valence-corrected chi connectivity index (χ2v) is 40.1. The summed E-state index contributed by atoms with van der Waals surface area (Å²) in [5.41, 5.74) is 2.24.